The first-order valence-corrected chi connectivity index (χ1v) is 6.47. The van der Waals surface area contributed by atoms with Gasteiger partial charge in [0.2, 0.25) is 0 Å². The Bertz CT molecular complexity index is 524. The maximum Gasteiger partial charge on any atom is 0.311 e. The SMILES string of the molecule is CCCC1(C(=O)O)CCN(c2cccc(C#N)n2)C1. The van der Waals surface area contributed by atoms with Gasteiger partial charge in [-0.2, -0.15) is 5.26 Å². The molecule has 1 aliphatic heterocycles. The van der Waals surface area contributed by atoms with Gasteiger partial charge in [0.1, 0.15) is 17.6 Å². The highest BCUT2D eigenvalue weighted by molar-refractivity contribution is 5.76. The summed E-state index contributed by atoms with van der Waals surface area (Å²) in [5, 5.41) is 18.3. The molecule has 1 aromatic rings. The van der Waals surface area contributed by atoms with Crippen LogP contribution < -0.4 is 4.90 Å². The van der Waals surface area contributed by atoms with Gasteiger partial charge in [-0.15, -0.1) is 0 Å². The zero-order valence-corrected chi connectivity index (χ0v) is 11.0. The molecule has 1 fully saturated rings. The number of carbonyl (C=O) groups is 1. The summed E-state index contributed by atoms with van der Waals surface area (Å²) in [5.74, 6) is -0.0356. The molecule has 1 N–H and O–H groups in total. The van der Waals surface area contributed by atoms with Crippen molar-refractivity contribution in [2.24, 2.45) is 5.41 Å². The Morgan fingerprint density at radius 1 is 1.63 bits per heavy atom. The lowest BCUT2D eigenvalue weighted by Crippen LogP contribution is -2.34. The molecule has 0 saturated carbocycles. The highest BCUT2D eigenvalue weighted by atomic mass is 16.4. The largest absolute Gasteiger partial charge is 0.481 e. The van der Waals surface area contributed by atoms with Gasteiger partial charge in [-0.1, -0.05) is 19.4 Å². The van der Waals surface area contributed by atoms with Crippen molar-refractivity contribution in [3.05, 3.63) is 23.9 Å². The maximum absolute atomic E-state index is 11.5. The van der Waals surface area contributed by atoms with E-state index in [0.717, 1.165) is 6.42 Å². The summed E-state index contributed by atoms with van der Waals surface area (Å²) in [6.07, 6.45) is 2.16. The van der Waals surface area contributed by atoms with Crippen molar-refractivity contribution >= 4 is 11.8 Å². The van der Waals surface area contributed by atoms with Crippen LogP contribution in [0.3, 0.4) is 0 Å². The Hall–Kier alpha value is -2.09. The number of pyridine rings is 1. The van der Waals surface area contributed by atoms with Crippen LogP contribution in [0.1, 0.15) is 31.9 Å². The fourth-order valence-corrected chi connectivity index (χ4v) is 2.69. The van der Waals surface area contributed by atoms with Crippen molar-refractivity contribution in [2.45, 2.75) is 26.2 Å². The molecule has 0 radical (unpaired) electrons. The molecule has 0 bridgehead atoms. The number of aromatic nitrogens is 1. The number of hydrogen-bond acceptors (Lipinski definition) is 4. The van der Waals surface area contributed by atoms with Crippen LogP contribution in [0.5, 0.6) is 0 Å². The van der Waals surface area contributed by atoms with Gasteiger partial charge in [-0.05, 0) is 25.0 Å². The normalized spacial score (nSPS) is 22.2. The molecule has 0 amide bonds. The number of hydrogen-bond donors (Lipinski definition) is 1. The first kappa shape index (κ1) is 13.3. The second kappa shape index (κ2) is 5.27. The van der Waals surface area contributed by atoms with Gasteiger partial charge in [0.15, 0.2) is 0 Å². The second-order valence-corrected chi connectivity index (χ2v) is 5.00. The number of carboxylic acids is 1. The smallest absolute Gasteiger partial charge is 0.311 e. The molecule has 0 spiro atoms. The van der Waals surface area contributed by atoms with Gasteiger partial charge in [-0.25, -0.2) is 4.98 Å². The predicted molar refractivity (Wildman–Crippen MR) is 70.8 cm³/mol. The minimum Gasteiger partial charge on any atom is -0.481 e. The topological polar surface area (TPSA) is 77.2 Å². The predicted octanol–water partition coefficient (Wildman–Crippen LogP) is 2.03. The molecule has 0 aliphatic carbocycles. The van der Waals surface area contributed by atoms with E-state index in [4.69, 9.17) is 5.26 Å². The van der Waals surface area contributed by atoms with Gasteiger partial charge >= 0.3 is 5.97 Å². The number of nitrogens with zero attached hydrogens (tertiary/aromatic N) is 3. The molecule has 1 aliphatic rings. The summed E-state index contributed by atoms with van der Waals surface area (Å²) in [5.41, 5.74) is -0.306. The molecule has 1 unspecified atom stereocenters. The summed E-state index contributed by atoms with van der Waals surface area (Å²) < 4.78 is 0. The van der Waals surface area contributed by atoms with E-state index in [2.05, 4.69) is 4.98 Å². The zero-order chi connectivity index (χ0) is 13.9. The second-order valence-electron chi connectivity index (χ2n) is 5.00. The molecule has 1 atom stereocenters. The van der Waals surface area contributed by atoms with Gasteiger partial charge in [0.05, 0.1) is 5.41 Å². The summed E-state index contributed by atoms with van der Waals surface area (Å²) in [6.45, 7) is 3.15. The van der Waals surface area contributed by atoms with Crippen LogP contribution in [-0.2, 0) is 4.79 Å². The minimum atomic E-state index is -0.728. The van der Waals surface area contributed by atoms with Crippen LogP contribution in [0.4, 0.5) is 5.82 Å². The first-order valence-electron chi connectivity index (χ1n) is 6.47. The molecule has 2 rings (SSSR count). The van der Waals surface area contributed by atoms with Crippen molar-refractivity contribution in [1.29, 1.82) is 5.26 Å². The molecule has 0 aromatic carbocycles. The van der Waals surface area contributed by atoms with Crippen molar-refractivity contribution in [1.82, 2.24) is 4.98 Å². The van der Waals surface area contributed by atoms with E-state index in [1.807, 2.05) is 24.0 Å². The van der Waals surface area contributed by atoms with Crippen LogP contribution >= 0.6 is 0 Å². The molecule has 1 saturated heterocycles. The van der Waals surface area contributed by atoms with Crippen LogP contribution in [0.2, 0.25) is 0 Å². The molecular weight excluding hydrogens is 242 g/mol. The molecule has 19 heavy (non-hydrogen) atoms. The number of carboxylic acid groups (broad SMARTS) is 1. The molecule has 100 valence electrons. The summed E-state index contributed by atoms with van der Waals surface area (Å²) in [7, 11) is 0. The molecule has 5 nitrogen and oxygen atoms in total. The summed E-state index contributed by atoms with van der Waals surface area (Å²) >= 11 is 0. The third-order valence-electron chi connectivity index (χ3n) is 3.71. The lowest BCUT2D eigenvalue weighted by Gasteiger charge is -2.24. The van der Waals surface area contributed by atoms with Crippen molar-refractivity contribution in [2.75, 3.05) is 18.0 Å². The number of anilines is 1. The van der Waals surface area contributed by atoms with Gasteiger partial charge in [0.25, 0.3) is 0 Å². The van der Waals surface area contributed by atoms with E-state index in [1.54, 1.807) is 12.1 Å². The Labute approximate surface area is 112 Å². The number of rotatable bonds is 4. The summed E-state index contributed by atoms with van der Waals surface area (Å²) in [6, 6.07) is 7.26. The Morgan fingerprint density at radius 2 is 2.42 bits per heavy atom. The standard InChI is InChI=1S/C14H17N3O2/c1-2-6-14(13(18)19)7-8-17(10-14)12-5-3-4-11(9-15)16-12/h3-5H,2,6-8,10H2,1H3,(H,18,19). The van der Waals surface area contributed by atoms with E-state index < -0.39 is 11.4 Å². The van der Waals surface area contributed by atoms with Crippen molar-refractivity contribution < 1.29 is 9.90 Å². The van der Waals surface area contributed by atoms with Crippen LogP contribution in [-0.4, -0.2) is 29.1 Å². The van der Waals surface area contributed by atoms with Crippen LogP contribution in [0, 0.1) is 16.7 Å². The average molecular weight is 259 g/mol. The van der Waals surface area contributed by atoms with Crippen LogP contribution in [0.15, 0.2) is 18.2 Å². The monoisotopic (exact) mass is 259 g/mol. The average Bonchev–Trinajstić information content (AvgIpc) is 2.85. The van der Waals surface area contributed by atoms with Gasteiger partial charge < -0.3 is 10.0 Å². The Kier molecular flexibility index (Phi) is 3.70. The minimum absolute atomic E-state index is 0.362. The highest BCUT2D eigenvalue weighted by Gasteiger charge is 2.44. The van der Waals surface area contributed by atoms with E-state index in [0.29, 0.717) is 37.4 Å². The lowest BCUT2D eigenvalue weighted by atomic mass is 9.83. The molecule has 5 heteroatoms. The Balaban J connectivity index is 2.21. The van der Waals surface area contributed by atoms with Gasteiger partial charge in [-0.3, -0.25) is 4.79 Å². The van der Waals surface area contributed by atoms with Crippen LogP contribution in [0.25, 0.3) is 0 Å². The lowest BCUT2D eigenvalue weighted by molar-refractivity contribution is -0.148. The zero-order valence-electron chi connectivity index (χ0n) is 11.0. The molecular formula is C14H17N3O2. The maximum atomic E-state index is 11.5. The summed E-state index contributed by atoms with van der Waals surface area (Å²) in [4.78, 5) is 17.7. The third kappa shape index (κ3) is 2.53. The molecule has 2 heterocycles. The van der Waals surface area contributed by atoms with E-state index in [-0.39, 0.29) is 0 Å². The third-order valence-corrected chi connectivity index (χ3v) is 3.71. The first-order chi connectivity index (χ1) is 9.11. The van der Waals surface area contributed by atoms with E-state index in [9.17, 15) is 9.90 Å². The van der Waals surface area contributed by atoms with E-state index in [1.165, 1.54) is 0 Å². The highest BCUT2D eigenvalue weighted by Crippen LogP contribution is 2.37. The fraction of sp³-hybridized carbons (Fsp3) is 0.500. The van der Waals surface area contributed by atoms with Crippen molar-refractivity contribution in [3.63, 3.8) is 0 Å². The van der Waals surface area contributed by atoms with Gasteiger partial charge in [0, 0.05) is 13.1 Å². The van der Waals surface area contributed by atoms with E-state index >= 15 is 0 Å². The quantitative estimate of drug-likeness (QED) is 0.895. The fourth-order valence-electron chi connectivity index (χ4n) is 2.69. The Morgan fingerprint density at radius 3 is 3.05 bits per heavy atom. The number of nitriles is 1. The van der Waals surface area contributed by atoms with Crippen molar-refractivity contribution in [3.8, 4) is 6.07 Å². The molecule has 1 aromatic heterocycles. The number of aliphatic carboxylic acids is 1.